The summed E-state index contributed by atoms with van der Waals surface area (Å²) in [7, 11) is 0. The van der Waals surface area contributed by atoms with Gasteiger partial charge in [0.1, 0.15) is 11.2 Å². The Kier molecular flexibility index (Phi) is 5.63. The van der Waals surface area contributed by atoms with E-state index in [9.17, 15) is 0 Å². The van der Waals surface area contributed by atoms with Gasteiger partial charge >= 0.3 is 0 Å². The Morgan fingerprint density at radius 3 is 1.82 bits per heavy atom. The second-order valence-corrected chi connectivity index (χ2v) is 14.8. The van der Waals surface area contributed by atoms with E-state index in [-0.39, 0.29) is 0 Å². The first-order valence-electron chi connectivity index (χ1n) is 18.9. The molecule has 0 fully saturated rings. The molecule has 0 atom stereocenters. The number of fused-ring (bicyclic) bond motifs is 14. The molecule has 0 unspecified atom stereocenters. The summed E-state index contributed by atoms with van der Waals surface area (Å²) in [5.41, 5.74) is 16.4. The van der Waals surface area contributed by atoms with Gasteiger partial charge in [-0.25, -0.2) is 0 Å². The molecule has 3 heterocycles. The lowest BCUT2D eigenvalue weighted by atomic mass is 10.0. The van der Waals surface area contributed by atoms with Crippen molar-refractivity contribution in [2.75, 3.05) is 0 Å². The smallest absolute Gasteiger partial charge is 0.137 e. The van der Waals surface area contributed by atoms with Gasteiger partial charge in [-0.1, -0.05) is 133 Å². The van der Waals surface area contributed by atoms with E-state index in [0.29, 0.717) is 0 Å². The average molecular weight is 699 g/mol. The molecule has 0 saturated heterocycles. The molecule has 55 heavy (non-hydrogen) atoms. The summed E-state index contributed by atoms with van der Waals surface area (Å²) in [6, 6.07) is 66.4. The van der Waals surface area contributed by atoms with Crippen molar-refractivity contribution in [1.29, 1.82) is 0 Å². The SMILES string of the molecule is c1ccc(-c2ccc(-n3c4ccccc4c4ccc5c(c6ccc7oc8ccccc8c7c6n5-c5ccc6c7c(cccc57)-c5ccccc5-6)c43)cc2)cc1. The summed E-state index contributed by atoms with van der Waals surface area (Å²) in [4.78, 5) is 0. The number of furan rings is 1. The van der Waals surface area contributed by atoms with E-state index >= 15 is 0 Å². The van der Waals surface area contributed by atoms with Crippen LogP contribution in [0.5, 0.6) is 0 Å². The van der Waals surface area contributed by atoms with Gasteiger partial charge in [-0.15, -0.1) is 0 Å². The fraction of sp³-hybridized carbons (Fsp3) is 0. The third-order valence-electron chi connectivity index (χ3n) is 12.1. The Labute approximate surface area is 315 Å². The van der Waals surface area contributed by atoms with Crippen LogP contribution in [0.1, 0.15) is 0 Å². The zero-order valence-electron chi connectivity index (χ0n) is 29.6. The second-order valence-electron chi connectivity index (χ2n) is 14.8. The summed E-state index contributed by atoms with van der Waals surface area (Å²) in [5.74, 6) is 0. The monoisotopic (exact) mass is 698 g/mol. The molecular formula is C52H30N2O. The van der Waals surface area contributed by atoms with Crippen molar-refractivity contribution >= 4 is 76.3 Å². The van der Waals surface area contributed by atoms with Gasteiger partial charge in [0, 0.05) is 38.0 Å². The van der Waals surface area contributed by atoms with Crippen LogP contribution in [0.3, 0.4) is 0 Å². The molecule has 3 heteroatoms. The van der Waals surface area contributed by atoms with E-state index in [4.69, 9.17) is 4.42 Å². The van der Waals surface area contributed by atoms with Crippen LogP contribution in [0.4, 0.5) is 0 Å². The minimum absolute atomic E-state index is 0.893. The van der Waals surface area contributed by atoms with Crippen LogP contribution in [-0.4, -0.2) is 9.13 Å². The number of benzene rings is 9. The molecule has 0 spiro atoms. The van der Waals surface area contributed by atoms with Crippen LogP contribution in [-0.2, 0) is 0 Å². The highest BCUT2D eigenvalue weighted by Crippen LogP contribution is 2.51. The van der Waals surface area contributed by atoms with Crippen molar-refractivity contribution in [3.8, 4) is 44.8 Å². The molecule has 1 aliphatic rings. The number of hydrogen-bond donors (Lipinski definition) is 0. The van der Waals surface area contributed by atoms with Crippen molar-refractivity contribution < 1.29 is 4.42 Å². The van der Waals surface area contributed by atoms with E-state index < -0.39 is 0 Å². The minimum atomic E-state index is 0.893. The molecule has 0 saturated carbocycles. The zero-order chi connectivity index (χ0) is 35.8. The standard InChI is InChI=1S/C52H30N2O/c1-2-11-31(12-3-1)32-21-23-33(24-22-32)53-43-19-8-6-15-36(43)39-26-29-45-49(51(39)53)42-27-30-47-50(41-16-7-9-20-46(41)55-47)52(42)54(45)44-28-25-38-35-14-5-4-13-34(35)37-17-10-18-40(44)48(37)38/h1-30H. The molecule has 0 amide bonds. The molecule has 12 aromatic rings. The van der Waals surface area contributed by atoms with E-state index in [2.05, 4.69) is 191 Å². The van der Waals surface area contributed by atoms with Crippen LogP contribution in [0.25, 0.3) is 121 Å². The number of rotatable bonds is 3. The molecule has 3 nitrogen and oxygen atoms in total. The average Bonchev–Trinajstić information content (AvgIpc) is 3.99. The lowest BCUT2D eigenvalue weighted by Gasteiger charge is -2.14. The Morgan fingerprint density at radius 2 is 0.964 bits per heavy atom. The normalized spacial score (nSPS) is 12.4. The third-order valence-corrected chi connectivity index (χ3v) is 12.1. The minimum Gasteiger partial charge on any atom is -0.456 e. The van der Waals surface area contributed by atoms with E-state index in [1.807, 2.05) is 0 Å². The molecule has 3 aromatic heterocycles. The predicted octanol–water partition coefficient (Wildman–Crippen LogP) is 14.2. The van der Waals surface area contributed by atoms with Crippen molar-refractivity contribution in [1.82, 2.24) is 9.13 Å². The van der Waals surface area contributed by atoms with Gasteiger partial charge in [0.2, 0.25) is 0 Å². The van der Waals surface area contributed by atoms with Gasteiger partial charge in [-0.3, -0.25) is 0 Å². The van der Waals surface area contributed by atoms with Gasteiger partial charge in [-0.2, -0.15) is 0 Å². The molecule has 0 N–H and O–H groups in total. The second kappa shape index (κ2) is 10.6. The molecule has 13 rings (SSSR count). The van der Waals surface area contributed by atoms with E-state index in [0.717, 1.165) is 33.1 Å². The highest BCUT2D eigenvalue weighted by molar-refractivity contribution is 6.32. The summed E-state index contributed by atoms with van der Waals surface area (Å²) in [5, 5.41) is 9.73. The Morgan fingerprint density at radius 1 is 0.309 bits per heavy atom. The first-order chi connectivity index (χ1) is 27.3. The topological polar surface area (TPSA) is 23.0 Å². The van der Waals surface area contributed by atoms with Gasteiger partial charge in [-0.05, 0) is 87.3 Å². The van der Waals surface area contributed by atoms with Crippen LogP contribution in [0.15, 0.2) is 186 Å². The van der Waals surface area contributed by atoms with Crippen molar-refractivity contribution in [2.45, 2.75) is 0 Å². The first-order valence-corrected chi connectivity index (χ1v) is 18.9. The molecular weight excluding hydrogens is 669 g/mol. The molecule has 0 aliphatic heterocycles. The maximum Gasteiger partial charge on any atom is 0.137 e. The number of para-hydroxylation sites is 2. The summed E-state index contributed by atoms with van der Waals surface area (Å²) >= 11 is 0. The number of hydrogen-bond acceptors (Lipinski definition) is 1. The molecule has 0 bridgehead atoms. The maximum atomic E-state index is 6.58. The summed E-state index contributed by atoms with van der Waals surface area (Å²) < 4.78 is 11.6. The Bertz CT molecular complexity index is 3550. The third kappa shape index (κ3) is 3.79. The van der Waals surface area contributed by atoms with Gasteiger partial charge < -0.3 is 13.6 Å². The molecule has 1 aliphatic carbocycles. The van der Waals surface area contributed by atoms with Crippen LogP contribution in [0.2, 0.25) is 0 Å². The van der Waals surface area contributed by atoms with Gasteiger partial charge in [0.05, 0.1) is 33.1 Å². The quantitative estimate of drug-likeness (QED) is 0.180. The predicted molar refractivity (Wildman–Crippen MR) is 230 cm³/mol. The van der Waals surface area contributed by atoms with Crippen LogP contribution >= 0.6 is 0 Å². The number of aromatic nitrogens is 2. The fourth-order valence-corrected chi connectivity index (χ4v) is 9.79. The van der Waals surface area contributed by atoms with Crippen molar-refractivity contribution in [3.63, 3.8) is 0 Å². The molecule has 0 radical (unpaired) electrons. The van der Waals surface area contributed by atoms with E-state index in [1.54, 1.807) is 0 Å². The lowest BCUT2D eigenvalue weighted by molar-refractivity contribution is 0.669. The zero-order valence-corrected chi connectivity index (χ0v) is 29.6. The molecule has 254 valence electrons. The number of nitrogens with zero attached hydrogens (tertiary/aromatic N) is 2. The summed E-state index contributed by atoms with van der Waals surface area (Å²) in [6.07, 6.45) is 0. The highest BCUT2D eigenvalue weighted by atomic mass is 16.3. The Hall–Kier alpha value is -7.36. The van der Waals surface area contributed by atoms with Crippen molar-refractivity contribution in [3.05, 3.63) is 182 Å². The lowest BCUT2D eigenvalue weighted by Crippen LogP contribution is -1.97. The van der Waals surface area contributed by atoms with Gasteiger partial charge in [0.15, 0.2) is 0 Å². The van der Waals surface area contributed by atoms with Crippen LogP contribution in [0, 0.1) is 0 Å². The van der Waals surface area contributed by atoms with Crippen LogP contribution < -0.4 is 0 Å². The molecule has 9 aromatic carbocycles. The highest BCUT2D eigenvalue weighted by Gasteiger charge is 2.27. The van der Waals surface area contributed by atoms with Crippen molar-refractivity contribution in [2.24, 2.45) is 0 Å². The fourth-order valence-electron chi connectivity index (χ4n) is 9.79. The largest absolute Gasteiger partial charge is 0.456 e. The van der Waals surface area contributed by atoms with E-state index in [1.165, 1.54) is 87.9 Å². The van der Waals surface area contributed by atoms with Gasteiger partial charge in [0.25, 0.3) is 0 Å². The first kappa shape index (κ1) is 29.1. The Balaban J connectivity index is 1.21. The summed E-state index contributed by atoms with van der Waals surface area (Å²) in [6.45, 7) is 0. The maximum absolute atomic E-state index is 6.58.